The fourth-order valence-corrected chi connectivity index (χ4v) is 4.09. The number of benzene rings is 2. The van der Waals surface area contributed by atoms with Gasteiger partial charge in [0, 0.05) is 7.05 Å². The summed E-state index contributed by atoms with van der Waals surface area (Å²) in [4.78, 5) is -0.264. The van der Waals surface area contributed by atoms with Crippen LogP contribution in [-0.4, -0.2) is 28.4 Å². The number of hydrogen-bond acceptors (Lipinski definition) is 5. The second-order valence-corrected chi connectivity index (χ2v) is 8.45. The molecule has 0 aliphatic heterocycles. The van der Waals surface area contributed by atoms with Crippen molar-refractivity contribution in [3.8, 4) is 0 Å². The number of rotatable bonds is 7. The van der Waals surface area contributed by atoms with Gasteiger partial charge in [-0.05, 0) is 35.4 Å². The van der Waals surface area contributed by atoms with Crippen LogP contribution >= 0.6 is 0 Å². The lowest BCUT2D eigenvalue weighted by Crippen LogP contribution is -2.30. The van der Waals surface area contributed by atoms with Crippen molar-refractivity contribution in [1.29, 1.82) is 0 Å². The molecule has 8 heteroatoms. The Kier molecular flexibility index (Phi) is 5.58. The third-order valence-corrected chi connectivity index (χ3v) is 6.34. The van der Waals surface area contributed by atoms with Crippen molar-refractivity contribution >= 4 is 32.3 Å². The van der Waals surface area contributed by atoms with Gasteiger partial charge in [-0.1, -0.05) is 54.0 Å². The highest BCUT2D eigenvalue weighted by molar-refractivity contribution is 7.90. The van der Waals surface area contributed by atoms with Crippen LogP contribution < -0.4 is 0 Å². The largest absolute Gasteiger partial charge is 0.314 e. The van der Waals surface area contributed by atoms with Gasteiger partial charge in [0.15, 0.2) is 0 Å². The summed E-state index contributed by atoms with van der Waals surface area (Å²) in [7, 11) is -7.41. The van der Waals surface area contributed by atoms with E-state index in [-0.39, 0.29) is 9.79 Å². The lowest BCUT2D eigenvalue weighted by Gasteiger charge is -2.16. The molecule has 132 valence electrons. The summed E-state index contributed by atoms with van der Waals surface area (Å²) in [6, 6.07) is 11.5. The van der Waals surface area contributed by atoms with Crippen LogP contribution in [-0.2, 0) is 24.4 Å². The SMILES string of the molecule is C=Cc1ccc(S(=O)(=O)ON(C)S(=O)(=O)c2ccc(C=C)cc2)cc1. The lowest BCUT2D eigenvalue weighted by molar-refractivity contribution is 0.0734. The highest BCUT2D eigenvalue weighted by Gasteiger charge is 2.28. The van der Waals surface area contributed by atoms with Gasteiger partial charge in [-0.2, -0.15) is 12.7 Å². The smallest absolute Gasteiger partial charge is 0.205 e. The van der Waals surface area contributed by atoms with E-state index in [1.54, 1.807) is 24.3 Å². The molecule has 25 heavy (non-hydrogen) atoms. The zero-order chi connectivity index (χ0) is 18.7. The van der Waals surface area contributed by atoms with Gasteiger partial charge in [0.1, 0.15) is 0 Å². The van der Waals surface area contributed by atoms with Gasteiger partial charge < -0.3 is 0 Å². The molecular weight excluding hydrogens is 362 g/mol. The second kappa shape index (κ2) is 7.32. The van der Waals surface area contributed by atoms with Crippen molar-refractivity contribution < 1.29 is 21.1 Å². The summed E-state index contributed by atoms with van der Waals surface area (Å²) in [5.74, 6) is 0. The van der Waals surface area contributed by atoms with E-state index in [4.69, 9.17) is 4.28 Å². The summed E-state index contributed by atoms with van der Waals surface area (Å²) in [5.41, 5.74) is 1.46. The van der Waals surface area contributed by atoms with E-state index in [1.165, 1.54) is 36.4 Å². The standard InChI is InChI=1S/C17H17NO5S2/c1-4-14-6-10-16(11-7-14)24(19,20)18(3)23-25(21,22)17-12-8-15(5-2)9-13-17/h4-13H,1-2H2,3H3. The van der Waals surface area contributed by atoms with E-state index in [1.807, 2.05) is 0 Å². The van der Waals surface area contributed by atoms with E-state index >= 15 is 0 Å². The van der Waals surface area contributed by atoms with Crippen molar-refractivity contribution in [3.05, 3.63) is 72.8 Å². The zero-order valence-corrected chi connectivity index (χ0v) is 15.1. The van der Waals surface area contributed by atoms with Gasteiger partial charge in [0.05, 0.1) is 9.79 Å². The van der Waals surface area contributed by atoms with Crippen molar-refractivity contribution in [2.24, 2.45) is 0 Å². The summed E-state index contributed by atoms with van der Waals surface area (Å²) in [6.07, 6.45) is 3.12. The van der Waals surface area contributed by atoms with Crippen LogP contribution in [0.25, 0.3) is 12.2 Å². The summed E-state index contributed by atoms with van der Waals surface area (Å²) in [5, 5.41) is 0. The van der Waals surface area contributed by atoms with E-state index in [0.717, 1.165) is 18.2 Å². The van der Waals surface area contributed by atoms with Gasteiger partial charge in [0.25, 0.3) is 10.0 Å². The quantitative estimate of drug-likeness (QED) is 0.691. The Morgan fingerprint density at radius 1 is 0.800 bits per heavy atom. The Hall–Kier alpha value is -2.26. The zero-order valence-electron chi connectivity index (χ0n) is 13.5. The van der Waals surface area contributed by atoms with E-state index in [0.29, 0.717) is 4.47 Å². The molecule has 0 aliphatic rings. The van der Waals surface area contributed by atoms with Crippen LogP contribution in [0.5, 0.6) is 0 Å². The van der Waals surface area contributed by atoms with Crippen LogP contribution in [0.2, 0.25) is 0 Å². The fourth-order valence-electron chi connectivity index (χ4n) is 1.92. The van der Waals surface area contributed by atoms with Gasteiger partial charge >= 0.3 is 10.1 Å². The predicted molar refractivity (Wildman–Crippen MR) is 96.3 cm³/mol. The molecule has 2 aromatic rings. The predicted octanol–water partition coefficient (Wildman–Crippen LogP) is 2.91. The highest BCUT2D eigenvalue weighted by atomic mass is 32.2. The van der Waals surface area contributed by atoms with Gasteiger partial charge in [-0.15, -0.1) is 0 Å². The molecule has 6 nitrogen and oxygen atoms in total. The van der Waals surface area contributed by atoms with E-state index in [2.05, 4.69) is 13.2 Å². The van der Waals surface area contributed by atoms with Crippen LogP contribution in [0.3, 0.4) is 0 Å². The first kappa shape index (κ1) is 19.1. The van der Waals surface area contributed by atoms with E-state index in [9.17, 15) is 16.8 Å². The van der Waals surface area contributed by atoms with Crippen molar-refractivity contribution in [3.63, 3.8) is 0 Å². The number of hydroxylamine groups is 1. The maximum Gasteiger partial charge on any atom is 0.314 e. The average Bonchev–Trinajstić information content (AvgIpc) is 2.61. The molecule has 0 saturated heterocycles. The third kappa shape index (κ3) is 4.23. The van der Waals surface area contributed by atoms with Gasteiger partial charge in [-0.3, -0.25) is 0 Å². The van der Waals surface area contributed by atoms with E-state index < -0.39 is 20.1 Å². The Balaban J connectivity index is 2.27. The number of sulfonamides is 1. The normalized spacial score (nSPS) is 12.1. The molecule has 0 unspecified atom stereocenters. The van der Waals surface area contributed by atoms with Crippen molar-refractivity contribution in [2.75, 3.05) is 7.05 Å². The minimum absolute atomic E-state index is 0.0993. The van der Waals surface area contributed by atoms with Gasteiger partial charge in [0.2, 0.25) is 0 Å². The molecule has 2 aromatic carbocycles. The monoisotopic (exact) mass is 379 g/mol. The first-order valence-corrected chi connectivity index (χ1v) is 9.94. The van der Waals surface area contributed by atoms with Gasteiger partial charge in [-0.25, -0.2) is 8.42 Å². The van der Waals surface area contributed by atoms with Crippen molar-refractivity contribution in [1.82, 2.24) is 4.47 Å². The first-order chi connectivity index (χ1) is 11.7. The fraction of sp³-hybridized carbons (Fsp3) is 0.0588. The molecule has 0 aliphatic carbocycles. The molecule has 0 amide bonds. The van der Waals surface area contributed by atoms with Crippen molar-refractivity contribution in [2.45, 2.75) is 9.79 Å². The van der Waals surface area contributed by atoms with Crippen LogP contribution in [0, 0.1) is 0 Å². The summed E-state index contributed by atoms with van der Waals surface area (Å²) < 4.78 is 54.5. The molecule has 0 spiro atoms. The molecule has 0 atom stereocenters. The minimum Gasteiger partial charge on any atom is -0.205 e. The number of hydrogen-bond donors (Lipinski definition) is 0. The lowest BCUT2D eigenvalue weighted by atomic mass is 10.2. The van der Waals surface area contributed by atoms with Crippen LogP contribution in [0.1, 0.15) is 11.1 Å². The van der Waals surface area contributed by atoms with Crippen LogP contribution in [0.4, 0.5) is 0 Å². The minimum atomic E-state index is -4.29. The molecule has 0 fully saturated rings. The molecule has 0 bridgehead atoms. The highest BCUT2D eigenvalue weighted by Crippen LogP contribution is 2.20. The molecule has 0 N–H and O–H groups in total. The molecule has 0 radical (unpaired) electrons. The Morgan fingerprint density at radius 3 is 1.60 bits per heavy atom. The molecular formula is C17H17NO5S2. The Morgan fingerprint density at radius 2 is 1.20 bits per heavy atom. The van der Waals surface area contributed by atoms with Crippen LogP contribution in [0.15, 0.2) is 71.5 Å². The second-order valence-electron chi connectivity index (χ2n) is 4.99. The maximum absolute atomic E-state index is 12.4. The molecule has 0 heterocycles. The summed E-state index contributed by atoms with van der Waals surface area (Å²) >= 11 is 0. The molecule has 0 saturated carbocycles. The Labute approximate surface area is 147 Å². The summed E-state index contributed by atoms with van der Waals surface area (Å²) in [6.45, 7) is 7.16. The Bertz CT molecular complexity index is 976. The maximum atomic E-state index is 12.4. The molecule has 2 rings (SSSR count). The molecule has 0 aromatic heterocycles. The third-order valence-electron chi connectivity index (χ3n) is 3.36. The average molecular weight is 379 g/mol. The first-order valence-electron chi connectivity index (χ1n) is 7.09. The number of nitrogens with zero attached hydrogens (tertiary/aromatic N) is 1. The topological polar surface area (TPSA) is 80.8 Å².